The van der Waals surface area contributed by atoms with E-state index in [0.717, 1.165) is 40.5 Å². The molecule has 1 aliphatic rings. The van der Waals surface area contributed by atoms with Gasteiger partial charge in [0.1, 0.15) is 5.01 Å². The van der Waals surface area contributed by atoms with Gasteiger partial charge >= 0.3 is 0 Å². The lowest BCUT2D eigenvalue weighted by Gasteiger charge is -2.14. The van der Waals surface area contributed by atoms with Crippen LogP contribution in [-0.4, -0.2) is 25.5 Å². The summed E-state index contributed by atoms with van der Waals surface area (Å²) in [4.78, 5) is 21.4. The second-order valence-corrected chi connectivity index (χ2v) is 6.28. The lowest BCUT2D eigenvalue weighted by atomic mass is 9.91. The number of hydrogen-bond donors (Lipinski definition) is 0. The Morgan fingerprint density at radius 2 is 2.22 bits per heavy atom. The van der Waals surface area contributed by atoms with Crippen LogP contribution in [0.1, 0.15) is 28.2 Å². The van der Waals surface area contributed by atoms with Crippen LogP contribution >= 0.6 is 11.3 Å². The van der Waals surface area contributed by atoms with Crippen molar-refractivity contribution in [2.24, 2.45) is 7.05 Å². The summed E-state index contributed by atoms with van der Waals surface area (Å²) in [6.45, 7) is 0. The maximum atomic E-state index is 12.6. The van der Waals surface area contributed by atoms with E-state index >= 15 is 0 Å². The number of aryl methyl sites for hydroxylation is 1. The maximum Gasteiger partial charge on any atom is 0.192 e. The first-order chi connectivity index (χ1) is 11.2. The van der Waals surface area contributed by atoms with Crippen molar-refractivity contribution in [1.82, 2.24) is 19.7 Å². The van der Waals surface area contributed by atoms with Crippen LogP contribution in [0, 0.1) is 0 Å². The monoisotopic (exact) mass is 322 g/mol. The van der Waals surface area contributed by atoms with E-state index in [4.69, 9.17) is 0 Å². The Balaban J connectivity index is 1.64. The molecule has 4 rings (SSSR count). The lowest BCUT2D eigenvalue weighted by molar-refractivity contribution is 0.102. The summed E-state index contributed by atoms with van der Waals surface area (Å²) >= 11 is 1.54. The van der Waals surface area contributed by atoms with Crippen molar-refractivity contribution in [3.05, 3.63) is 58.5 Å². The molecule has 3 heterocycles. The molecular formula is C17H14N4OS. The molecule has 0 atom stereocenters. The van der Waals surface area contributed by atoms with E-state index in [-0.39, 0.29) is 5.78 Å². The number of thiazole rings is 1. The number of aromatic nitrogens is 4. The Hall–Kier alpha value is -2.60. The predicted octanol–water partition coefficient (Wildman–Crippen LogP) is 3.15. The summed E-state index contributed by atoms with van der Waals surface area (Å²) < 4.78 is 1.78. The molecule has 0 N–H and O–H groups in total. The number of allylic oxidation sites excluding steroid dienone is 1. The molecule has 0 amide bonds. The van der Waals surface area contributed by atoms with Gasteiger partial charge in [-0.2, -0.15) is 5.10 Å². The van der Waals surface area contributed by atoms with E-state index < -0.39 is 0 Å². The average molecular weight is 322 g/mol. The van der Waals surface area contributed by atoms with Crippen LogP contribution in [0.3, 0.4) is 0 Å². The van der Waals surface area contributed by atoms with Gasteiger partial charge in [-0.25, -0.2) is 4.98 Å². The highest BCUT2D eigenvalue weighted by atomic mass is 32.1. The molecule has 0 bridgehead atoms. The standard InChI is InChI=1S/C17H14N4OS/c1-21-15-6-5-11(16(22)13(15)9-19-21)8-12-10-23-17(20-12)14-4-2-3-7-18-14/h2-4,7-10H,5-6H2,1H3/b11-8-. The van der Waals surface area contributed by atoms with Gasteiger partial charge in [0.2, 0.25) is 0 Å². The van der Waals surface area contributed by atoms with Crippen molar-refractivity contribution < 1.29 is 4.79 Å². The molecule has 1 aliphatic carbocycles. The molecule has 0 radical (unpaired) electrons. The topological polar surface area (TPSA) is 60.7 Å². The van der Waals surface area contributed by atoms with Crippen molar-refractivity contribution in [3.8, 4) is 10.7 Å². The number of fused-ring (bicyclic) bond motifs is 1. The molecule has 0 aromatic carbocycles. The summed E-state index contributed by atoms with van der Waals surface area (Å²) in [5, 5.41) is 7.01. The Labute approximate surface area is 137 Å². The summed E-state index contributed by atoms with van der Waals surface area (Å²) in [7, 11) is 1.88. The highest BCUT2D eigenvalue weighted by Gasteiger charge is 2.25. The molecule has 0 spiro atoms. The van der Waals surface area contributed by atoms with Crippen LogP contribution in [0.15, 0.2) is 41.5 Å². The molecule has 0 fully saturated rings. The van der Waals surface area contributed by atoms with E-state index in [1.54, 1.807) is 17.1 Å². The third-order valence-electron chi connectivity index (χ3n) is 3.96. The third-order valence-corrected chi connectivity index (χ3v) is 4.84. The maximum absolute atomic E-state index is 12.6. The molecule has 0 aliphatic heterocycles. The molecule has 0 unspecified atom stereocenters. The van der Waals surface area contributed by atoms with E-state index in [1.165, 1.54) is 11.3 Å². The molecule has 23 heavy (non-hydrogen) atoms. The second-order valence-electron chi connectivity index (χ2n) is 5.42. The van der Waals surface area contributed by atoms with Crippen LogP contribution in [0.4, 0.5) is 0 Å². The van der Waals surface area contributed by atoms with Crippen molar-refractivity contribution in [3.63, 3.8) is 0 Å². The zero-order chi connectivity index (χ0) is 15.8. The van der Waals surface area contributed by atoms with E-state index in [1.807, 2.05) is 36.7 Å². The molecular weight excluding hydrogens is 308 g/mol. The van der Waals surface area contributed by atoms with Crippen LogP contribution in [-0.2, 0) is 13.5 Å². The van der Waals surface area contributed by atoms with Crippen molar-refractivity contribution in [2.45, 2.75) is 12.8 Å². The summed E-state index contributed by atoms with van der Waals surface area (Å²) in [5.74, 6) is 0.0618. The summed E-state index contributed by atoms with van der Waals surface area (Å²) in [5.41, 5.74) is 4.19. The Bertz CT molecular complexity index is 908. The first-order valence-electron chi connectivity index (χ1n) is 7.35. The van der Waals surface area contributed by atoms with E-state index in [9.17, 15) is 4.79 Å². The molecule has 5 nitrogen and oxygen atoms in total. The van der Waals surface area contributed by atoms with Crippen molar-refractivity contribution >= 4 is 23.2 Å². The number of rotatable bonds is 2. The molecule has 3 aromatic rings. The lowest BCUT2D eigenvalue weighted by Crippen LogP contribution is -2.15. The number of carbonyl (C=O) groups excluding carboxylic acids is 1. The largest absolute Gasteiger partial charge is 0.289 e. The highest BCUT2D eigenvalue weighted by Crippen LogP contribution is 2.28. The number of hydrogen-bond acceptors (Lipinski definition) is 5. The Kier molecular flexibility index (Phi) is 3.38. The van der Waals surface area contributed by atoms with Gasteiger partial charge in [-0.05, 0) is 31.1 Å². The quantitative estimate of drug-likeness (QED) is 0.680. The van der Waals surface area contributed by atoms with E-state index in [0.29, 0.717) is 5.56 Å². The second kappa shape index (κ2) is 5.55. The van der Waals surface area contributed by atoms with Crippen molar-refractivity contribution in [2.75, 3.05) is 0 Å². The van der Waals surface area contributed by atoms with Crippen molar-refractivity contribution in [1.29, 1.82) is 0 Å². The molecule has 0 saturated carbocycles. The predicted molar refractivity (Wildman–Crippen MR) is 89.2 cm³/mol. The fraction of sp³-hybridized carbons (Fsp3) is 0.176. The van der Waals surface area contributed by atoms with Gasteiger partial charge in [0.25, 0.3) is 0 Å². The van der Waals surface area contributed by atoms with Gasteiger partial charge in [0, 0.05) is 29.9 Å². The van der Waals surface area contributed by atoms with Gasteiger partial charge < -0.3 is 0 Å². The zero-order valence-corrected chi connectivity index (χ0v) is 13.4. The highest BCUT2D eigenvalue weighted by molar-refractivity contribution is 7.13. The number of ketones is 1. The smallest absolute Gasteiger partial charge is 0.192 e. The van der Waals surface area contributed by atoms with Crippen LogP contribution in [0.2, 0.25) is 0 Å². The summed E-state index contributed by atoms with van der Waals surface area (Å²) in [6, 6.07) is 5.76. The molecule has 114 valence electrons. The van der Waals surface area contributed by atoms with Crippen LogP contribution in [0.5, 0.6) is 0 Å². The minimum absolute atomic E-state index is 0.0618. The first-order valence-corrected chi connectivity index (χ1v) is 8.23. The number of pyridine rings is 1. The van der Waals surface area contributed by atoms with Gasteiger partial charge in [-0.1, -0.05) is 6.07 Å². The Morgan fingerprint density at radius 3 is 3.04 bits per heavy atom. The van der Waals surface area contributed by atoms with E-state index in [2.05, 4.69) is 15.1 Å². The first kappa shape index (κ1) is 14.0. The SMILES string of the molecule is Cn1ncc2c1CC/C(=C/c1csc(-c3ccccn3)n1)C2=O. The van der Waals surface area contributed by atoms with Gasteiger partial charge in [0.15, 0.2) is 5.78 Å². The normalized spacial score (nSPS) is 15.9. The minimum atomic E-state index is 0.0618. The average Bonchev–Trinajstić information content (AvgIpc) is 3.19. The molecule has 0 saturated heterocycles. The summed E-state index contributed by atoms with van der Waals surface area (Å²) in [6.07, 6.45) is 6.86. The zero-order valence-electron chi connectivity index (χ0n) is 12.6. The third kappa shape index (κ3) is 2.51. The fourth-order valence-electron chi connectivity index (χ4n) is 2.76. The van der Waals surface area contributed by atoms with Gasteiger partial charge in [-0.15, -0.1) is 11.3 Å². The van der Waals surface area contributed by atoms with Gasteiger partial charge in [0.05, 0.1) is 23.1 Å². The fourth-order valence-corrected chi connectivity index (χ4v) is 3.52. The number of Topliss-reactive ketones (excluding diaryl/α,β-unsaturated/α-hetero) is 1. The van der Waals surface area contributed by atoms with Crippen LogP contribution in [0.25, 0.3) is 16.8 Å². The van der Waals surface area contributed by atoms with Gasteiger partial charge in [-0.3, -0.25) is 14.5 Å². The number of carbonyl (C=O) groups is 1. The number of nitrogens with zero attached hydrogens (tertiary/aromatic N) is 4. The molecule has 6 heteroatoms. The molecule has 3 aromatic heterocycles. The van der Waals surface area contributed by atoms with Crippen LogP contribution < -0.4 is 0 Å². The minimum Gasteiger partial charge on any atom is -0.289 e. The Morgan fingerprint density at radius 1 is 1.30 bits per heavy atom.